The Morgan fingerprint density at radius 3 is 2.33 bits per heavy atom. The quantitative estimate of drug-likeness (QED) is 0.418. The van der Waals surface area contributed by atoms with E-state index in [-0.39, 0.29) is 16.4 Å². The third-order valence-corrected chi connectivity index (χ3v) is 1.27. The fourth-order valence-electron chi connectivity index (χ4n) is 0.503. The zero-order chi connectivity index (χ0) is 6.85. The molecule has 0 atom stereocenters. The van der Waals surface area contributed by atoms with Gasteiger partial charge in [0.15, 0.2) is 0 Å². The van der Waals surface area contributed by atoms with E-state index in [4.69, 9.17) is 10.2 Å². The Kier molecular flexibility index (Phi) is 1.44. The van der Waals surface area contributed by atoms with Gasteiger partial charge in [0.05, 0.1) is 5.75 Å². The monoisotopic (exact) mass is 141 g/mol. The highest BCUT2D eigenvalue weighted by molar-refractivity contribution is 7.59. The van der Waals surface area contributed by atoms with Crippen molar-refractivity contribution in [1.29, 1.82) is 0 Å². The molecule has 0 radical (unpaired) electrons. The molecule has 0 aliphatic carbocycles. The van der Waals surface area contributed by atoms with Crippen molar-refractivity contribution in [2.75, 3.05) is 0 Å². The maximum atomic E-state index is 8.83. The van der Waals surface area contributed by atoms with E-state index in [0.29, 0.717) is 0 Å². The van der Waals surface area contributed by atoms with Crippen molar-refractivity contribution in [2.24, 2.45) is 0 Å². The zero-order valence-corrected chi connectivity index (χ0v) is 5.35. The lowest BCUT2D eigenvalue weighted by Gasteiger charge is -2.06. The molecule has 48 valence electrons. The first-order chi connectivity index (χ1) is 4.20. The van der Waals surface area contributed by atoms with E-state index in [2.05, 4.69) is 12.6 Å². The molecule has 0 amide bonds. The van der Waals surface area contributed by atoms with Crippen LogP contribution in [0.2, 0.25) is 0 Å². The van der Waals surface area contributed by atoms with Crippen LogP contribution in [0, 0.1) is 0 Å². The lowest BCUT2D eigenvalue weighted by Crippen LogP contribution is -1.71. The van der Waals surface area contributed by atoms with E-state index in [9.17, 15) is 0 Å². The van der Waals surface area contributed by atoms with Gasteiger partial charge in [0.25, 0.3) is 0 Å². The first-order valence-corrected chi connectivity index (χ1v) is 2.80. The maximum Gasteiger partial charge on any atom is 0.114 e. The van der Waals surface area contributed by atoms with Crippen LogP contribution in [-0.4, -0.2) is 10.2 Å². The molecule has 3 heteroatoms. The smallest absolute Gasteiger partial charge is 0.114 e. The Morgan fingerprint density at radius 2 is 1.89 bits per heavy atom. The molecule has 0 aliphatic heterocycles. The Morgan fingerprint density at radius 1 is 1.22 bits per heavy atom. The molecule has 0 bridgehead atoms. The third kappa shape index (κ3) is 1.23. The van der Waals surface area contributed by atoms with Crippen molar-refractivity contribution in [3.8, 4) is 11.5 Å². The van der Waals surface area contributed by atoms with Gasteiger partial charge in [-0.3, -0.25) is 0 Å². The minimum atomic E-state index is 0.0304. The second-order valence-corrected chi connectivity index (χ2v) is 2.09. The summed E-state index contributed by atoms with van der Waals surface area (Å²) in [5.41, 5.74) is 0. The summed E-state index contributed by atoms with van der Waals surface area (Å²) in [6.45, 7) is 0. The molecule has 1 rings (SSSR count). The minimum absolute atomic E-state index is 0.0304. The Bertz CT molecular complexity index is 222. The van der Waals surface area contributed by atoms with Crippen molar-refractivity contribution in [1.82, 2.24) is 0 Å². The van der Waals surface area contributed by atoms with E-state index in [1.54, 1.807) is 0 Å². The van der Waals surface area contributed by atoms with E-state index in [1.807, 2.05) is 0 Å². The molecule has 1 aromatic carbocycles. The number of rotatable bonds is 0. The highest BCUT2D eigenvalue weighted by Crippen LogP contribution is 2.20. The molecule has 1 aromatic rings. The first-order valence-electron chi connectivity index (χ1n) is 2.39. The van der Waals surface area contributed by atoms with Gasteiger partial charge in [-0.1, -0.05) is 0 Å². The molecule has 0 aromatic heterocycles. The molecule has 0 aliphatic rings. The van der Waals surface area contributed by atoms with Gasteiger partial charge in [0, 0.05) is 0 Å². The molecule has 0 saturated carbocycles. The largest absolute Gasteiger partial charge is 0.776 e. The number of hydrogen-bond donors (Lipinski definition) is 2. The van der Waals surface area contributed by atoms with Crippen LogP contribution in [0.5, 0.6) is 11.5 Å². The second-order valence-electron chi connectivity index (χ2n) is 1.65. The molecule has 9 heavy (non-hydrogen) atoms. The normalized spacial score (nSPS) is 9.33. The van der Waals surface area contributed by atoms with E-state index in [1.165, 1.54) is 18.2 Å². The number of hydrogen-bond acceptors (Lipinski definition) is 3. The summed E-state index contributed by atoms with van der Waals surface area (Å²) in [5, 5.41) is 17.6. The van der Waals surface area contributed by atoms with Gasteiger partial charge in [-0.05, 0) is 18.2 Å². The van der Waals surface area contributed by atoms with E-state index < -0.39 is 0 Å². The Balaban J connectivity index is 3.17. The molecule has 0 saturated heterocycles. The highest BCUT2D eigenvalue weighted by Gasteiger charge is 1.87. The maximum absolute atomic E-state index is 8.83. The fourth-order valence-corrected chi connectivity index (χ4v) is 0.692. The van der Waals surface area contributed by atoms with Crippen molar-refractivity contribution in [3.63, 3.8) is 0 Å². The summed E-state index contributed by atoms with van der Waals surface area (Å²) < 4.78 is 0. The zero-order valence-electron chi connectivity index (χ0n) is 4.53. The summed E-state index contributed by atoms with van der Waals surface area (Å²) in [5.74, 6) is 0.112. The number of phenols is 2. The van der Waals surface area contributed by atoms with Crippen LogP contribution in [0.1, 0.15) is 0 Å². The van der Waals surface area contributed by atoms with Crippen molar-refractivity contribution in [3.05, 3.63) is 18.2 Å². The summed E-state index contributed by atoms with van der Waals surface area (Å²) in [7, 11) is 0. The molecule has 0 heterocycles. The third-order valence-electron chi connectivity index (χ3n) is 0.943. The van der Waals surface area contributed by atoms with Crippen LogP contribution in [0.4, 0.5) is 0 Å². The van der Waals surface area contributed by atoms with Crippen LogP contribution in [0.25, 0.3) is 0 Å². The Labute approximate surface area is 58.2 Å². The van der Waals surface area contributed by atoms with Crippen LogP contribution in [-0.2, 0) is 12.6 Å². The first kappa shape index (κ1) is 6.16. The lowest BCUT2D eigenvalue weighted by atomic mass is 10.3. The average molecular weight is 141 g/mol. The summed E-state index contributed by atoms with van der Waals surface area (Å²) in [4.78, 5) is 0.273. The van der Waals surface area contributed by atoms with Gasteiger partial charge in [-0.15, -0.1) is 4.90 Å². The average Bonchev–Trinajstić information content (AvgIpc) is 1.80. The number of phenolic OH excluding ortho intramolecular Hbond substituents is 2. The molecule has 0 unspecified atom stereocenters. The topological polar surface area (TPSA) is 40.5 Å². The van der Waals surface area contributed by atoms with E-state index in [0.717, 1.165) is 0 Å². The molecular weight excluding hydrogens is 136 g/mol. The predicted molar refractivity (Wildman–Crippen MR) is 35.4 cm³/mol. The van der Waals surface area contributed by atoms with Gasteiger partial charge < -0.3 is 22.8 Å². The molecule has 2 N–H and O–H groups in total. The van der Waals surface area contributed by atoms with Crippen molar-refractivity contribution < 1.29 is 10.2 Å². The lowest BCUT2D eigenvalue weighted by molar-refractivity contribution is 0.449. The minimum Gasteiger partial charge on any atom is -0.776 e. The number of benzene rings is 1. The SMILES string of the molecule is Oc1ccc(O)c([S-])c1. The van der Waals surface area contributed by atoms with Gasteiger partial charge in [-0.2, -0.15) is 0 Å². The standard InChI is InChI=1S/C6H6O2S/c7-4-1-2-5(8)6(9)3-4/h1-3,7-9H/p-1. The second kappa shape index (κ2) is 2.11. The van der Waals surface area contributed by atoms with Crippen molar-refractivity contribution >= 4 is 12.6 Å². The van der Waals surface area contributed by atoms with E-state index >= 15 is 0 Å². The molecule has 0 spiro atoms. The van der Waals surface area contributed by atoms with Crippen LogP contribution in [0.15, 0.2) is 23.1 Å². The van der Waals surface area contributed by atoms with Gasteiger partial charge in [0.1, 0.15) is 5.75 Å². The van der Waals surface area contributed by atoms with Gasteiger partial charge in [0.2, 0.25) is 0 Å². The van der Waals surface area contributed by atoms with Crippen molar-refractivity contribution in [2.45, 2.75) is 4.90 Å². The molecular formula is C6H5O2S-. The summed E-state index contributed by atoms with van der Waals surface area (Å²) in [6.07, 6.45) is 0. The predicted octanol–water partition coefficient (Wildman–Crippen LogP) is 1.00. The van der Waals surface area contributed by atoms with Crippen LogP contribution >= 0.6 is 0 Å². The van der Waals surface area contributed by atoms with Crippen LogP contribution < -0.4 is 0 Å². The van der Waals surface area contributed by atoms with Gasteiger partial charge >= 0.3 is 0 Å². The fraction of sp³-hybridized carbons (Fsp3) is 0. The summed E-state index contributed by atoms with van der Waals surface area (Å²) in [6, 6.07) is 4.06. The molecule has 0 fully saturated rings. The summed E-state index contributed by atoms with van der Waals surface area (Å²) >= 11 is 4.63. The molecule has 2 nitrogen and oxygen atoms in total. The highest BCUT2D eigenvalue weighted by atomic mass is 32.1. The van der Waals surface area contributed by atoms with Gasteiger partial charge in [-0.25, -0.2) is 0 Å². The van der Waals surface area contributed by atoms with Crippen LogP contribution in [0.3, 0.4) is 0 Å². The number of aromatic hydroxyl groups is 2. The Hall–Kier alpha value is -0.960.